The summed E-state index contributed by atoms with van der Waals surface area (Å²) in [5, 5.41) is 15.2. The number of carboxylic acid groups (broad SMARTS) is 1. The van der Waals surface area contributed by atoms with Gasteiger partial charge in [-0.1, -0.05) is 66.2 Å². The molecule has 0 aliphatic heterocycles. The molecule has 4 rings (SSSR count). The molecule has 0 fully saturated rings. The van der Waals surface area contributed by atoms with Gasteiger partial charge in [0.1, 0.15) is 12.6 Å². The van der Waals surface area contributed by atoms with Gasteiger partial charge in [-0.05, 0) is 52.6 Å². The number of nitrogens with one attached hydrogen (secondary N) is 2. The van der Waals surface area contributed by atoms with E-state index in [-0.39, 0.29) is 30.6 Å². The zero-order chi connectivity index (χ0) is 25.5. The molecule has 36 heavy (non-hydrogen) atoms. The van der Waals surface area contributed by atoms with E-state index in [0.29, 0.717) is 16.5 Å². The van der Waals surface area contributed by atoms with E-state index < -0.39 is 18.1 Å². The summed E-state index contributed by atoms with van der Waals surface area (Å²) in [5.74, 6) is -0.987. The maximum atomic E-state index is 12.4. The number of carbonyl (C=O) groups is 3. The van der Waals surface area contributed by atoms with Crippen molar-refractivity contribution < 1.29 is 24.2 Å². The predicted octanol–water partition coefficient (Wildman–Crippen LogP) is 5.39. The third-order valence-corrected chi connectivity index (χ3v) is 7.05. The standard InChI is InChI=1S/C27H25ClN2O5S/c28-17-6-5-7-18(14-17)29-25(31)16-36-13-12-24(26(32)33)30-27(34)35-15-23-21-10-3-1-8-19(21)20-9-2-4-11-22(20)23/h1-11,14,23-24H,12-13,15-16H2,(H,29,31)(H,30,34)(H,32,33). The number of fused-ring (bicyclic) bond motifs is 3. The summed E-state index contributed by atoms with van der Waals surface area (Å²) in [7, 11) is 0. The molecule has 9 heteroatoms. The van der Waals surface area contributed by atoms with E-state index in [2.05, 4.69) is 10.6 Å². The largest absolute Gasteiger partial charge is 0.480 e. The minimum absolute atomic E-state index is 0.102. The van der Waals surface area contributed by atoms with Gasteiger partial charge in [0.05, 0.1) is 5.75 Å². The van der Waals surface area contributed by atoms with E-state index >= 15 is 0 Å². The second kappa shape index (κ2) is 12.0. The highest BCUT2D eigenvalue weighted by atomic mass is 35.5. The Labute approximate surface area is 218 Å². The second-order valence-electron chi connectivity index (χ2n) is 8.26. The SMILES string of the molecule is O=C(CSCCC(NC(=O)OCC1c2ccccc2-c2ccccc21)C(=O)O)Nc1cccc(Cl)c1. The van der Waals surface area contributed by atoms with Crippen molar-refractivity contribution in [3.8, 4) is 11.1 Å². The van der Waals surface area contributed by atoms with Crippen LogP contribution in [0.15, 0.2) is 72.8 Å². The maximum Gasteiger partial charge on any atom is 0.407 e. The summed E-state index contributed by atoms with van der Waals surface area (Å²) in [4.78, 5) is 36.2. The first kappa shape index (κ1) is 25.6. The number of amides is 2. The molecule has 0 heterocycles. The molecule has 3 aromatic carbocycles. The van der Waals surface area contributed by atoms with Crippen LogP contribution in [0.1, 0.15) is 23.5 Å². The van der Waals surface area contributed by atoms with Crippen molar-refractivity contribution in [2.75, 3.05) is 23.4 Å². The lowest BCUT2D eigenvalue weighted by molar-refractivity contribution is -0.139. The molecule has 0 spiro atoms. The molecule has 1 atom stereocenters. The number of ether oxygens (including phenoxy) is 1. The lowest BCUT2D eigenvalue weighted by atomic mass is 9.98. The Morgan fingerprint density at radius 3 is 2.28 bits per heavy atom. The molecular formula is C27H25ClN2O5S. The Kier molecular flexibility index (Phi) is 8.51. The van der Waals surface area contributed by atoms with Crippen molar-refractivity contribution in [2.45, 2.75) is 18.4 Å². The van der Waals surface area contributed by atoms with Crippen LogP contribution in [-0.2, 0) is 14.3 Å². The summed E-state index contributed by atoms with van der Waals surface area (Å²) in [6.07, 6.45) is -0.637. The number of carboxylic acids is 1. The van der Waals surface area contributed by atoms with E-state index in [1.165, 1.54) is 11.8 Å². The zero-order valence-corrected chi connectivity index (χ0v) is 20.9. The van der Waals surface area contributed by atoms with Crippen molar-refractivity contribution in [1.29, 1.82) is 0 Å². The number of alkyl carbamates (subject to hydrolysis) is 1. The van der Waals surface area contributed by atoms with Crippen LogP contribution < -0.4 is 10.6 Å². The van der Waals surface area contributed by atoms with Gasteiger partial charge < -0.3 is 20.5 Å². The predicted molar refractivity (Wildman–Crippen MR) is 142 cm³/mol. The van der Waals surface area contributed by atoms with E-state index in [1.807, 2.05) is 48.5 Å². The van der Waals surface area contributed by atoms with Gasteiger partial charge in [-0.2, -0.15) is 11.8 Å². The molecule has 0 saturated heterocycles. The molecule has 1 unspecified atom stereocenters. The first-order valence-electron chi connectivity index (χ1n) is 11.4. The molecule has 3 N–H and O–H groups in total. The monoisotopic (exact) mass is 524 g/mol. The average Bonchev–Trinajstić information content (AvgIpc) is 3.18. The summed E-state index contributed by atoms with van der Waals surface area (Å²) in [5.41, 5.74) is 4.97. The van der Waals surface area contributed by atoms with E-state index in [4.69, 9.17) is 16.3 Å². The first-order chi connectivity index (χ1) is 17.4. The molecule has 186 valence electrons. The molecule has 0 saturated carbocycles. The summed E-state index contributed by atoms with van der Waals surface area (Å²) >= 11 is 7.18. The Hall–Kier alpha value is -3.49. The van der Waals surface area contributed by atoms with Crippen molar-refractivity contribution in [3.05, 3.63) is 88.9 Å². The molecule has 0 bridgehead atoms. The molecule has 0 aromatic heterocycles. The highest BCUT2D eigenvalue weighted by Crippen LogP contribution is 2.44. The molecule has 7 nitrogen and oxygen atoms in total. The van der Waals surface area contributed by atoms with Crippen molar-refractivity contribution in [1.82, 2.24) is 5.32 Å². The fourth-order valence-electron chi connectivity index (χ4n) is 4.17. The van der Waals surface area contributed by atoms with Crippen LogP contribution >= 0.6 is 23.4 Å². The minimum atomic E-state index is -1.16. The van der Waals surface area contributed by atoms with Gasteiger partial charge in [-0.3, -0.25) is 4.79 Å². The Balaban J connectivity index is 1.24. The molecule has 2 amide bonds. The quantitative estimate of drug-likeness (QED) is 0.307. The first-order valence-corrected chi connectivity index (χ1v) is 12.9. The Morgan fingerprint density at radius 2 is 1.64 bits per heavy atom. The molecule has 1 aliphatic carbocycles. The number of aliphatic carboxylic acids is 1. The number of benzene rings is 3. The van der Waals surface area contributed by atoms with Crippen LogP contribution in [0.25, 0.3) is 11.1 Å². The fraction of sp³-hybridized carbons (Fsp3) is 0.222. The Bertz CT molecular complexity index is 1220. The lowest BCUT2D eigenvalue weighted by Gasteiger charge is -2.17. The summed E-state index contributed by atoms with van der Waals surface area (Å²) in [6.45, 7) is 0.102. The zero-order valence-electron chi connectivity index (χ0n) is 19.3. The number of hydrogen-bond donors (Lipinski definition) is 3. The van der Waals surface area contributed by atoms with Crippen LogP contribution in [0.2, 0.25) is 5.02 Å². The highest BCUT2D eigenvalue weighted by Gasteiger charge is 2.29. The summed E-state index contributed by atoms with van der Waals surface area (Å²) < 4.78 is 5.45. The van der Waals surface area contributed by atoms with Gasteiger partial charge in [-0.25, -0.2) is 9.59 Å². The minimum Gasteiger partial charge on any atom is -0.480 e. The highest BCUT2D eigenvalue weighted by molar-refractivity contribution is 7.99. The third kappa shape index (κ3) is 6.38. The van der Waals surface area contributed by atoms with Gasteiger partial charge in [-0.15, -0.1) is 0 Å². The van der Waals surface area contributed by atoms with Gasteiger partial charge >= 0.3 is 12.1 Å². The molecule has 0 radical (unpaired) electrons. The Morgan fingerprint density at radius 1 is 0.972 bits per heavy atom. The molecule has 3 aromatic rings. The van der Waals surface area contributed by atoms with Crippen LogP contribution in [0.3, 0.4) is 0 Å². The normalized spacial score (nSPS) is 12.8. The van der Waals surface area contributed by atoms with E-state index in [9.17, 15) is 19.5 Å². The topological polar surface area (TPSA) is 105 Å². The van der Waals surface area contributed by atoms with Gasteiger partial charge in [0.15, 0.2) is 0 Å². The van der Waals surface area contributed by atoms with Crippen LogP contribution in [0, 0.1) is 0 Å². The smallest absolute Gasteiger partial charge is 0.407 e. The van der Waals surface area contributed by atoms with Crippen LogP contribution in [0.4, 0.5) is 10.5 Å². The van der Waals surface area contributed by atoms with Gasteiger partial charge in [0.25, 0.3) is 0 Å². The number of carbonyl (C=O) groups excluding carboxylic acids is 2. The van der Waals surface area contributed by atoms with Gasteiger partial charge in [0.2, 0.25) is 5.91 Å². The van der Waals surface area contributed by atoms with Crippen molar-refractivity contribution in [3.63, 3.8) is 0 Å². The third-order valence-electron chi connectivity index (χ3n) is 5.83. The number of rotatable bonds is 10. The number of halogens is 1. The van der Waals surface area contributed by atoms with E-state index in [0.717, 1.165) is 22.3 Å². The second-order valence-corrected chi connectivity index (χ2v) is 9.80. The molecular weight excluding hydrogens is 500 g/mol. The average molecular weight is 525 g/mol. The number of thioether (sulfide) groups is 1. The number of hydrogen-bond acceptors (Lipinski definition) is 5. The van der Waals surface area contributed by atoms with Crippen LogP contribution in [-0.4, -0.2) is 47.2 Å². The molecule has 1 aliphatic rings. The fourth-order valence-corrected chi connectivity index (χ4v) is 5.16. The van der Waals surface area contributed by atoms with E-state index in [1.54, 1.807) is 24.3 Å². The van der Waals surface area contributed by atoms with Crippen molar-refractivity contribution in [2.24, 2.45) is 0 Å². The number of anilines is 1. The van der Waals surface area contributed by atoms with Crippen molar-refractivity contribution >= 4 is 47.0 Å². The van der Waals surface area contributed by atoms with Gasteiger partial charge in [0, 0.05) is 16.6 Å². The lowest BCUT2D eigenvalue weighted by Crippen LogP contribution is -2.41. The maximum absolute atomic E-state index is 12.4. The van der Waals surface area contributed by atoms with Crippen LogP contribution in [0.5, 0.6) is 0 Å². The summed E-state index contributed by atoms with van der Waals surface area (Å²) in [6, 6.07) is 21.7.